The summed E-state index contributed by atoms with van der Waals surface area (Å²) in [6.07, 6.45) is 2.85. The molecule has 1 saturated carbocycles. The molecule has 2 aliphatic rings. The Kier molecular flexibility index (Phi) is 4.42. The minimum atomic E-state index is -4.15. The number of sulfonamides is 1. The largest absolute Gasteiger partial charge is 0.495 e. The van der Waals surface area contributed by atoms with E-state index in [4.69, 9.17) is 9.26 Å². The van der Waals surface area contributed by atoms with Crippen LogP contribution in [0, 0.1) is 5.82 Å². The second-order valence-corrected chi connectivity index (χ2v) is 8.84. The third-order valence-electron chi connectivity index (χ3n) is 5.22. The molecule has 7 nitrogen and oxygen atoms in total. The Bertz CT molecular complexity index is 961. The van der Waals surface area contributed by atoms with Crippen molar-refractivity contribution >= 4 is 10.0 Å². The standard InChI is InChI=1S/C17H19F2N3O4S/c1-25-13-6-5-12(18)9-14(13)27(23,24)22-8-7-17(19,10-22)16-20-15(21-26-16)11-3-2-4-11/h5-6,9,11H,2-4,7-8,10H2,1H3. The monoisotopic (exact) mass is 399 g/mol. The molecule has 0 spiro atoms. The highest BCUT2D eigenvalue weighted by atomic mass is 32.2. The number of alkyl halides is 1. The van der Waals surface area contributed by atoms with E-state index >= 15 is 4.39 Å². The molecule has 1 unspecified atom stereocenters. The van der Waals surface area contributed by atoms with Crippen molar-refractivity contribution in [1.29, 1.82) is 0 Å². The smallest absolute Gasteiger partial charge is 0.265 e. The fourth-order valence-electron chi connectivity index (χ4n) is 3.36. The summed E-state index contributed by atoms with van der Waals surface area (Å²) in [5.41, 5.74) is -2.07. The highest BCUT2D eigenvalue weighted by molar-refractivity contribution is 7.89. The van der Waals surface area contributed by atoms with Crippen LogP contribution in [0.3, 0.4) is 0 Å². The van der Waals surface area contributed by atoms with Gasteiger partial charge in [-0.05, 0) is 31.0 Å². The van der Waals surface area contributed by atoms with Crippen LogP contribution in [0.4, 0.5) is 8.78 Å². The number of aromatic nitrogens is 2. The highest BCUT2D eigenvalue weighted by Gasteiger charge is 2.49. The van der Waals surface area contributed by atoms with Crippen molar-refractivity contribution in [2.24, 2.45) is 0 Å². The summed E-state index contributed by atoms with van der Waals surface area (Å²) in [7, 11) is -2.86. The van der Waals surface area contributed by atoms with Crippen LogP contribution < -0.4 is 4.74 Å². The molecule has 0 amide bonds. The van der Waals surface area contributed by atoms with Crippen LogP contribution in [-0.4, -0.2) is 43.1 Å². The highest BCUT2D eigenvalue weighted by Crippen LogP contribution is 2.41. The minimum Gasteiger partial charge on any atom is -0.495 e. The summed E-state index contributed by atoms with van der Waals surface area (Å²) >= 11 is 0. The van der Waals surface area contributed by atoms with Gasteiger partial charge in [0.05, 0.1) is 13.7 Å². The fourth-order valence-corrected chi connectivity index (χ4v) is 5.01. The molecule has 2 heterocycles. The molecule has 0 radical (unpaired) electrons. The van der Waals surface area contributed by atoms with Crippen LogP contribution in [0.5, 0.6) is 5.75 Å². The average Bonchev–Trinajstić information content (AvgIpc) is 3.22. The van der Waals surface area contributed by atoms with Crippen molar-refractivity contribution in [2.75, 3.05) is 20.2 Å². The second kappa shape index (κ2) is 6.52. The summed E-state index contributed by atoms with van der Waals surface area (Å²) in [6.45, 7) is -0.555. The Morgan fingerprint density at radius 3 is 2.81 bits per heavy atom. The number of methoxy groups -OCH3 is 1. The second-order valence-electron chi connectivity index (χ2n) is 6.93. The van der Waals surface area contributed by atoms with Gasteiger partial charge in [-0.1, -0.05) is 11.6 Å². The molecule has 10 heteroatoms. The van der Waals surface area contributed by atoms with E-state index in [0.29, 0.717) is 5.82 Å². The molecule has 1 aromatic heterocycles. The molecule has 2 aromatic rings. The van der Waals surface area contributed by atoms with E-state index in [2.05, 4.69) is 10.1 Å². The number of hydrogen-bond acceptors (Lipinski definition) is 6. The molecule has 1 aliphatic heterocycles. The lowest BCUT2D eigenvalue weighted by Gasteiger charge is -2.21. The van der Waals surface area contributed by atoms with Crippen LogP contribution in [0.25, 0.3) is 0 Å². The summed E-state index contributed by atoms with van der Waals surface area (Å²) in [5, 5.41) is 3.85. The van der Waals surface area contributed by atoms with Crippen LogP contribution in [0.2, 0.25) is 0 Å². The van der Waals surface area contributed by atoms with Gasteiger partial charge >= 0.3 is 0 Å². The zero-order valence-corrected chi connectivity index (χ0v) is 15.5. The zero-order valence-electron chi connectivity index (χ0n) is 14.7. The number of rotatable bonds is 5. The maximum absolute atomic E-state index is 15.4. The van der Waals surface area contributed by atoms with Gasteiger partial charge in [-0.15, -0.1) is 0 Å². The van der Waals surface area contributed by atoms with Gasteiger partial charge in [0.1, 0.15) is 16.5 Å². The van der Waals surface area contributed by atoms with E-state index in [9.17, 15) is 12.8 Å². The number of nitrogens with zero attached hydrogens (tertiary/aromatic N) is 3. The van der Waals surface area contributed by atoms with Crippen LogP contribution in [0.1, 0.15) is 43.3 Å². The van der Waals surface area contributed by atoms with Crippen molar-refractivity contribution in [1.82, 2.24) is 14.4 Å². The lowest BCUT2D eigenvalue weighted by Crippen LogP contribution is -2.32. The lowest BCUT2D eigenvalue weighted by atomic mass is 9.85. The normalized spacial score (nSPS) is 24.1. The first-order valence-electron chi connectivity index (χ1n) is 8.70. The molecule has 146 valence electrons. The maximum Gasteiger partial charge on any atom is 0.265 e. The molecule has 2 fully saturated rings. The Balaban J connectivity index is 1.60. The molecule has 0 bridgehead atoms. The molecule has 4 rings (SSSR count). The van der Waals surface area contributed by atoms with E-state index in [-0.39, 0.29) is 35.4 Å². The number of halogens is 2. The Hall–Kier alpha value is -2.07. The Morgan fingerprint density at radius 2 is 2.15 bits per heavy atom. The molecule has 1 atom stereocenters. The summed E-state index contributed by atoms with van der Waals surface area (Å²) in [6, 6.07) is 3.19. The lowest BCUT2D eigenvalue weighted by molar-refractivity contribution is 0.126. The van der Waals surface area contributed by atoms with Crippen molar-refractivity contribution in [3.8, 4) is 5.75 Å². The summed E-state index contributed by atoms with van der Waals surface area (Å²) in [5.74, 6) is -0.265. The van der Waals surface area contributed by atoms with Gasteiger partial charge in [-0.3, -0.25) is 0 Å². The van der Waals surface area contributed by atoms with E-state index in [1.807, 2.05) is 0 Å². The van der Waals surface area contributed by atoms with Gasteiger partial charge in [0.2, 0.25) is 15.7 Å². The minimum absolute atomic E-state index is 0.00202. The molecular weight excluding hydrogens is 380 g/mol. The van der Waals surface area contributed by atoms with Crippen molar-refractivity contribution in [3.05, 3.63) is 35.7 Å². The average molecular weight is 399 g/mol. The van der Waals surface area contributed by atoms with E-state index in [0.717, 1.165) is 35.7 Å². The summed E-state index contributed by atoms with van der Waals surface area (Å²) in [4.78, 5) is 3.83. The van der Waals surface area contributed by atoms with Crippen molar-refractivity contribution in [3.63, 3.8) is 0 Å². The number of benzene rings is 1. The maximum atomic E-state index is 15.4. The van der Waals surface area contributed by atoms with E-state index < -0.39 is 28.1 Å². The van der Waals surface area contributed by atoms with Crippen molar-refractivity contribution < 1.29 is 26.5 Å². The Morgan fingerprint density at radius 1 is 1.37 bits per heavy atom. The molecule has 1 saturated heterocycles. The SMILES string of the molecule is COc1ccc(F)cc1S(=O)(=O)N1CCC(F)(c2nc(C3CCC3)no2)C1. The molecule has 0 N–H and O–H groups in total. The third kappa shape index (κ3) is 3.10. The summed E-state index contributed by atoms with van der Waals surface area (Å²) < 4.78 is 65.9. The third-order valence-corrected chi connectivity index (χ3v) is 7.09. The quantitative estimate of drug-likeness (QED) is 0.769. The first-order chi connectivity index (χ1) is 12.8. The van der Waals surface area contributed by atoms with Crippen LogP contribution in [-0.2, 0) is 15.7 Å². The first-order valence-corrected chi connectivity index (χ1v) is 10.1. The fraction of sp³-hybridized carbons (Fsp3) is 0.529. The van der Waals surface area contributed by atoms with Crippen LogP contribution in [0.15, 0.2) is 27.6 Å². The van der Waals surface area contributed by atoms with E-state index in [1.54, 1.807) is 0 Å². The topological polar surface area (TPSA) is 85.5 Å². The number of ether oxygens (including phenoxy) is 1. The Labute approximate surface area is 155 Å². The zero-order chi connectivity index (χ0) is 19.2. The molecular formula is C17H19F2N3O4S. The molecule has 27 heavy (non-hydrogen) atoms. The van der Waals surface area contributed by atoms with Gasteiger partial charge in [0.25, 0.3) is 5.89 Å². The van der Waals surface area contributed by atoms with E-state index in [1.165, 1.54) is 13.2 Å². The number of hydrogen-bond donors (Lipinski definition) is 0. The van der Waals surface area contributed by atoms with Crippen molar-refractivity contribution in [2.45, 2.75) is 42.2 Å². The predicted octanol–water partition coefficient (Wildman–Crippen LogP) is 2.74. The van der Waals surface area contributed by atoms with Gasteiger partial charge < -0.3 is 9.26 Å². The molecule has 1 aliphatic carbocycles. The predicted molar refractivity (Wildman–Crippen MR) is 90.0 cm³/mol. The van der Waals surface area contributed by atoms with Gasteiger partial charge in [0, 0.05) is 18.9 Å². The first kappa shape index (κ1) is 18.3. The van der Waals surface area contributed by atoms with Crippen LogP contribution >= 0.6 is 0 Å². The molecule has 1 aromatic carbocycles. The van der Waals surface area contributed by atoms with Gasteiger partial charge in [0.15, 0.2) is 5.82 Å². The van der Waals surface area contributed by atoms with Gasteiger partial charge in [-0.2, -0.15) is 9.29 Å². The van der Waals surface area contributed by atoms with Gasteiger partial charge in [-0.25, -0.2) is 17.2 Å².